The summed E-state index contributed by atoms with van der Waals surface area (Å²) >= 11 is 16.5. The van der Waals surface area contributed by atoms with Gasteiger partial charge in [0.15, 0.2) is 0 Å². The topological polar surface area (TPSA) is 37.3 Å². The van der Waals surface area contributed by atoms with Gasteiger partial charge in [0.2, 0.25) is 0 Å². The Morgan fingerprint density at radius 1 is 1.70 bits per heavy atom. The van der Waals surface area contributed by atoms with Crippen LogP contribution in [0.4, 0.5) is 0 Å². The Morgan fingerprint density at radius 2 is 2.10 bits per heavy atom. The van der Waals surface area contributed by atoms with Gasteiger partial charge in [-0.3, -0.25) is 4.79 Å². The third kappa shape index (κ3) is 3.49. The Morgan fingerprint density at radius 3 is 2.20 bits per heavy atom. The molecular formula is C5H7Cl3O2. The van der Waals surface area contributed by atoms with Crippen LogP contribution in [0.3, 0.4) is 0 Å². The maximum Gasteiger partial charge on any atom is 0.306 e. The smallest absolute Gasteiger partial charge is 0.306 e. The molecule has 0 spiro atoms. The summed E-state index contributed by atoms with van der Waals surface area (Å²) < 4.78 is -1.37. The number of halogens is 3. The number of carbonyl (C=O) groups is 1. The summed E-state index contributed by atoms with van der Waals surface area (Å²) in [6.07, 6.45) is -0.346. The fourth-order valence-corrected chi connectivity index (χ4v) is 0.648. The minimum absolute atomic E-state index is 0.346. The van der Waals surface area contributed by atoms with Gasteiger partial charge < -0.3 is 5.11 Å². The molecule has 0 aliphatic carbocycles. The van der Waals surface area contributed by atoms with E-state index in [0.29, 0.717) is 0 Å². The summed E-state index contributed by atoms with van der Waals surface area (Å²) in [4.78, 5) is 10.1. The average molecular weight is 205 g/mol. The predicted molar refractivity (Wildman–Crippen MR) is 42.0 cm³/mol. The number of carboxylic acid groups (broad SMARTS) is 1. The lowest BCUT2D eigenvalue weighted by Crippen LogP contribution is -2.27. The van der Waals surface area contributed by atoms with Gasteiger partial charge in [0.1, 0.15) is 4.33 Å². The van der Waals surface area contributed by atoms with Gasteiger partial charge in [-0.2, -0.15) is 0 Å². The first-order chi connectivity index (χ1) is 4.36. The van der Waals surface area contributed by atoms with Crippen molar-refractivity contribution in [2.75, 3.05) is 0 Å². The normalized spacial score (nSPS) is 14.8. The molecule has 0 heterocycles. The maximum absolute atomic E-state index is 10.1. The van der Waals surface area contributed by atoms with Crippen molar-refractivity contribution in [2.45, 2.75) is 23.1 Å². The summed E-state index contributed by atoms with van der Waals surface area (Å²) in [6, 6.07) is 0. The average Bonchev–Trinajstić information content (AvgIpc) is 1.60. The highest BCUT2D eigenvalue weighted by Gasteiger charge is 2.32. The molecule has 1 N–H and O–H groups in total. The van der Waals surface area contributed by atoms with Gasteiger partial charge in [-0.1, -0.05) is 23.2 Å². The summed E-state index contributed by atoms with van der Waals surface area (Å²) in [5, 5.41) is 7.69. The first-order valence-electron chi connectivity index (χ1n) is 2.60. The Kier molecular flexibility index (Phi) is 3.77. The van der Waals surface area contributed by atoms with Gasteiger partial charge in [0.25, 0.3) is 0 Å². The predicted octanol–water partition coefficient (Wildman–Crippen LogP) is 2.26. The largest absolute Gasteiger partial charge is 0.481 e. The molecule has 0 aliphatic rings. The third-order valence-corrected chi connectivity index (χ3v) is 2.49. The summed E-state index contributed by atoms with van der Waals surface area (Å²) in [6.45, 7) is 1.55. The van der Waals surface area contributed by atoms with Crippen LogP contribution in [0.2, 0.25) is 0 Å². The molecule has 2 nitrogen and oxygen atoms in total. The van der Waals surface area contributed by atoms with Crippen molar-refractivity contribution in [1.29, 1.82) is 0 Å². The number of hydrogen-bond donors (Lipinski definition) is 1. The van der Waals surface area contributed by atoms with E-state index in [0.717, 1.165) is 0 Å². The molecule has 0 saturated heterocycles. The molecule has 0 bridgehead atoms. The van der Waals surface area contributed by atoms with E-state index in [9.17, 15) is 4.79 Å². The second-order valence-corrected chi connectivity index (χ2v) is 4.14. The number of rotatable bonds is 3. The Balaban J connectivity index is 3.99. The fourth-order valence-electron chi connectivity index (χ4n) is 0.342. The minimum atomic E-state index is -1.37. The number of hydrogen-bond acceptors (Lipinski definition) is 1. The second kappa shape index (κ2) is 3.65. The molecule has 5 heteroatoms. The summed E-state index contributed by atoms with van der Waals surface area (Å²) in [7, 11) is 0. The van der Waals surface area contributed by atoms with E-state index in [-0.39, 0.29) is 6.42 Å². The highest BCUT2D eigenvalue weighted by atomic mass is 35.5. The van der Waals surface area contributed by atoms with Crippen LogP contribution in [0.5, 0.6) is 0 Å². The zero-order valence-corrected chi connectivity index (χ0v) is 7.54. The van der Waals surface area contributed by atoms with Crippen LogP contribution in [-0.4, -0.2) is 20.8 Å². The zero-order valence-electron chi connectivity index (χ0n) is 5.27. The molecule has 1 unspecified atom stereocenters. The highest BCUT2D eigenvalue weighted by Crippen LogP contribution is 2.32. The molecule has 0 amide bonds. The first-order valence-corrected chi connectivity index (χ1v) is 3.79. The van der Waals surface area contributed by atoms with Crippen LogP contribution >= 0.6 is 34.8 Å². The molecular weight excluding hydrogens is 198 g/mol. The van der Waals surface area contributed by atoms with E-state index in [1.165, 1.54) is 0 Å². The van der Waals surface area contributed by atoms with Gasteiger partial charge >= 0.3 is 5.97 Å². The van der Waals surface area contributed by atoms with Gasteiger partial charge in [-0.05, 0) is 6.92 Å². The zero-order chi connectivity index (χ0) is 8.36. The van der Waals surface area contributed by atoms with E-state index < -0.39 is 15.7 Å². The quantitative estimate of drug-likeness (QED) is 0.718. The molecule has 0 aromatic carbocycles. The lowest BCUT2D eigenvalue weighted by Gasteiger charge is -2.18. The van der Waals surface area contributed by atoms with E-state index in [1.54, 1.807) is 6.92 Å². The SMILES string of the molecule is CC(Cl)C(Cl)(Cl)CC(=O)O. The monoisotopic (exact) mass is 204 g/mol. The van der Waals surface area contributed by atoms with Crippen LogP contribution in [0.15, 0.2) is 0 Å². The van der Waals surface area contributed by atoms with Crippen LogP contribution in [0.25, 0.3) is 0 Å². The molecule has 0 fully saturated rings. The number of aliphatic carboxylic acids is 1. The molecule has 0 aromatic rings. The Labute approximate surface area is 74.1 Å². The molecule has 0 saturated carbocycles. The van der Waals surface area contributed by atoms with Gasteiger partial charge in [-0.15, -0.1) is 11.6 Å². The van der Waals surface area contributed by atoms with Crippen molar-refractivity contribution in [1.82, 2.24) is 0 Å². The first kappa shape index (κ1) is 10.3. The standard InChI is InChI=1S/C5H7Cl3O2/c1-3(6)5(7,8)2-4(9)10/h3H,2H2,1H3,(H,9,10). The molecule has 0 aliphatic heterocycles. The number of alkyl halides is 3. The Hall–Kier alpha value is 0.340. The van der Waals surface area contributed by atoms with Crippen molar-refractivity contribution in [3.05, 3.63) is 0 Å². The van der Waals surface area contributed by atoms with Crippen molar-refractivity contribution < 1.29 is 9.90 Å². The second-order valence-electron chi connectivity index (χ2n) is 1.95. The summed E-state index contributed by atoms with van der Waals surface area (Å²) in [5.74, 6) is -1.06. The molecule has 10 heavy (non-hydrogen) atoms. The van der Waals surface area contributed by atoms with Crippen molar-refractivity contribution in [2.24, 2.45) is 0 Å². The molecule has 1 atom stereocenters. The maximum atomic E-state index is 10.1. The van der Waals surface area contributed by atoms with E-state index in [1.807, 2.05) is 0 Å². The minimum Gasteiger partial charge on any atom is -0.481 e. The molecule has 0 aromatic heterocycles. The lowest BCUT2D eigenvalue weighted by atomic mass is 10.2. The van der Waals surface area contributed by atoms with Gasteiger partial charge in [0, 0.05) is 0 Å². The number of carboxylic acids is 1. The van der Waals surface area contributed by atoms with Crippen molar-refractivity contribution in [3.8, 4) is 0 Å². The Bertz CT molecular complexity index is 133. The van der Waals surface area contributed by atoms with Crippen LogP contribution in [-0.2, 0) is 4.79 Å². The van der Waals surface area contributed by atoms with Crippen molar-refractivity contribution >= 4 is 40.8 Å². The van der Waals surface area contributed by atoms with Gasteiger partial charge in [0.05, 0.1) is 11.8 Å². The molecule has 0 radical (unpaired) electrons. The van der Waals surface area contributed by atoms with Crippen LogP contribution < -0.4 is 0 Å². The van der Waals surface area contributed by atoms with E-state index in [4.69, 9.17) is 39.9 Å². The molecule has 0 rings (SSSR count). The van der Waals surface area contributed by atoms with E-state index in [2.05, 4.69) is 0 Å². The molecule has 60 valence electrons. The van der Waals surface area contributed by atoms with E-state index >= 15 is 0 Å². The van der Waals surface area contributed by atoms with Crippen molar-refractivity contribution in [3.63, 3.8) is 0 Å². The third-order valence-electron chi connectivity index (χ3n) is 0.969. The lowest BCUT2D eigenvalue weighted by molar-refractivity contribution is -0.137. The van der Waals surface area contributed by atoms with Crippen LogP contribution in [0.1, 0.15) is 13.3 Å². The van der Waals surface area contributed by atoms with Crippen LogP contribution in [0, 0.1) is 0 Å². The fraction of sp³-hybridized carbons (Fsp3) is 0.800. The van der Waals surface area contributed by atoms with Gasteiger partial charge in [-0.25, -0.2) is 0 Å². The summed E-state index contributed by atoms with van der Waals surface area (Å²) in [5.41, 5.74) is 0. The highest BCUT2D eigenvalue weighted by molar-refractivity contribution is 6.52.